The normalized spacial score (nSPS) is 15.6. The van der Waals surface area contributed by atoms with Crippen LogP contribution in [0.5, 0.6) is 0 Å². The first-order chi connectivity index (χ1) is 11.2. The number of rotatable bonds is 7. The molecule has 0 spiro atoms. The van der Waals surface area contributed by atoms with Crippen LogP contribution in [0.1, 0.15) is 30.4 Å². The van der Waals surface area contributed by atoms with Gasteiger partial charge in [-0.05, 0) is 62.7 Å². The molecule has 0 aliphatic carbocycles. The van der Waals surface area contributed by atoms with Crippen molar-refractivity contribution >= 4 is 34.4 Å². The Labute approximate surface area is 148 Å². The molecule has 3 rings (SSSR count). The average molecular weight is 347 g/mol. The van der Waals surface area contributed by atoms with E-state index in [9.17, 15) is 0 Å². The summed E-state index contributed by atoms with van der Waals surface area (Å²) in [5.74, 6) is 3.75. The molecule has 2 aromatic rings. The van der Waals surface area contributed by atoms with E-state index in [0.29, 0.717) is 0 Å². The van der Waals surface area contributed by atoms with Crippen LogP contribution in [0, 0.1) is 13.8 Å². The van der Waals surface area contributed by atoms with Crippen molar-refractivity contribution in [2.75, 3.05) is 30.5 Å². The van der Waals surface area contributed by atoms with Gasteiger partial charge in [-0.1, -0.05) is 18.1 Å². The number of aromatic nitrogens is 1. The third-order valence-corrected chi connectivity index (χ3v) is 6.36. The Balaban J connectivity index is 1.44. The van der Waals surface area contributed by atoms with Crippen molar-refractivity contribution in [1.82, 2.24) is 9.88 Å². The van der Waals surface area contributed by atoms with Crippen LogP contribution in [0.3, 0.4) is 0 Å². The molecule has 23 heavy (non-hydrogen) atoms. The monoisotopic (exact) mass is 346 g/mol. The van der Waals surface area contributed by atoms with Crippen molar-refractivity contribution < 1.29 is 0 Å². The molecule has 0 unspecified atom stereocenters. The highest BCUT2D eigenvalue weighted by atomic mass is 32.2. The van der Waals surface area contributed by atoms with Crippen LogP contribution in [-0.4, -0.2) is 40.4 Å². The number of aryl methyl sites for hydroxylation is 2. The summed E-state index contributed by atoms with van der Waals surface area (Å²) in [5, 5.41) is 2.47. The Morgan fingerprint density at radius 2 is 2.09 bits per heavy atom. The molecule has 0 radical (unpaired) electrons. The van der Waals surface area contributed by atoms with Gasteiger partial charge in [0, 0.05) is 23.6 Å². The summed E-state index contributed by atoms with van der Waals surface area (Å²) in [5.41, 5.74) is 3.77. The van der Waals surface area contributed by atoms with Gasteiger partial charge in [-0.2, -0.15) is 0 Å². The summed E-state index contributed by atoms with van der Waals surface area (Å²) in [6.07, 6.45) is 3.96. The summed E-state index contributed by atoms with van der Waals surface area (Å²) in [6.45, 7) is 6.91. The summed E-state index contributed by atoms with van der Waals surface area (Å²) in [4.78, 5) is 7.39. The maximum Gasteiger partial charge on any atom is 0.0970 e. The number of hydrogen-bond donors (Lipinski definition) is 0. The number of benzene rings is 1. The fraction of sp³-hybridized carbons (Fsp3) is 0.526. The zero-order valence-electron chi connectivity index (χ0n) is 14.2. The van der Waals surface area contributed by atoms with E-state index in [4.69, 9.17) is 4.98 Å². The summed E-state index contributed by atoms with van der Waals surface area (Å²) in [7, 11) is 0. The van der Waals surface area contributed by atoms with Crippen LogP contribution in [0.2, 0.25) is 0 Å². The quantitative estimate of drug-likeness (QED) is 0.510. The van der Waals surface area contributed by atoms with Gasteiger partial charge in [-0.15, -0.1) is 23.5 Å². The lowest BCUT2D eigenvalue weighted by Crippen LogP contribution is -2.20. The SMILES string of the molecule is Cc1ccc2nc(SCCCCCN3CCSC3)cc(C)c2c1. The van der Waals surface area contributed by atoms with Crippen LogP contribution in [-0.2, 0) is 0 Å². The molecule has 2 heterocycles. The molecule has 0 atom stereocenters. The van der Waals surface area contributed by atoms with E-state index in [-0.39, 0.29) is 0 Å². The molecule has 0 amide bonds. The van der Waals surface area contributed by atoms with Crippen molar-refractivity contribution in [2.24, 2.45) is 0 Å². The highest BCUT2D eigenvalue weighted by molar-refractivity contribution is 7.99. The highest BCUT2D eigenvalue weighted by Crippen LogP contribution is 2.25. The minimum Gasteiger partial charge on any atom is -0.293 e. The van der Waals surface area contributed by atoms with Crippen molar-refractivity contribution in [3.63, 3.8) is 0 Å². The van der Waals surface area contributed by atoms with Crippen LogP contribution in [0.25, 0.3) is 10.9 Å². The third kappa shape index (κ3) is 4.88. The molecule has 0 bridgehead atoms. The van der Waals surface area contributed by atoms with E-state index in [1.165, 1.54) is 71.3 Å². The molecule has 1 fully saturated rings. The first-order valence-corrected chi connectivity index (χ1v) is 10.7. The standard InChI is InChI=1S/C19H26N2S2/c1-15-6-7-18-17(12-15)16(2)13-19(20-18)23-10-5-3-4-8-21-9-11-22-14-21/h6-7,12-13H,3-5,8-11,14H2,1-2H3. The Bertz CT molecular complexity index is 651. The van der Waals surface area contributed by atoms with Crippen LogP contribution < -0.4 is 0 Å². The fourth-order valence-electron chi connectivity index (χ4n) is 2.97. The highest BCUT2D eigenvalue weighted by Gasteiger charge is 2.10. The van der Waals surface area contributed by atoms with Gasteiger partial charge in [-0.25, -0.2) is 4.98 Å². The molecule has 1 aliphatic rings. The first-order valence-electron chi connectivity index (χ1n) is 8.53. The molecule has 124 valence electrons. The minimum atomic E-state index is 1.13. The molecule has 2 nitrogen and oxygen atoms in total. The average Bonchev–Trinajstić information content (AvgIpc) is 3.05. The van der Waals surface area contributed by atoms with Gasteiger partial charge in [0.25, 0.3) is 0 Å². The summed E-state index contributed by atoms with van der Waals surface area (Å²) >= 11 is 3.97. The van der Waals surface area contributed by atoms with Gasteiger partial charge in [0.2, 0.25) is 0 Å². The molecule has 1 aromatic carbocycles. The second-order valence-corrected chi connectivity index (χ2v) is 8.55. The summed E-state index contributed by atoms with van der Waals surface area (Å²) < 4.78 is 0. The van der Waals surface area contributed by atoms with Gasteiger partial charge in [0.05, 0.1) is 10.5 Å². The number of pyridine rings is 1. The number of unbranched alkanes of at least 4 members (excludes halogenated alkanes) is 2. The Hall–Kier alpha value is -0.710. The Kier molecular flexibility index (Phi) is 6.26. The van der Waals surface area contributed by atoms with Crippen molar-refractivity contribution in [2.45, 2.75) is 38.1 Å². The smallest absolute Gasteiger partial charge is 0.0970 e. The number of fused-ring (bicyclic) bond motifs is 1. The number of thioether (sulfide) groups is 2. The van der Waals surface area contributed by atoms with Crippen molar-refractivity contribution in [1.29, 1.82) is 0 Å². The van der Waals surface area contributed by atoms with Gasteiger partial charge < -0.3 is 0 Å². The van der Waals surface area contributed by atoms with E-state index in [2.05, 4.69) is 54.8 Å². The molecule has 4 heteroatoms. The maximum atomic E-state index is 4.81. The molecule has 1 aromatic heterocycles. The largest absolute Gasteiger partial charge is 0.293 e. The van der Waals surface area contributed by atoms with Gasteiger partial charge >= 0.3 is 0 Å². The van der Waals surface area contributed by atoms with Gasteiger partial charge in [-0.3, -0.25) is 4.90 Å². The molecular formula is C19H26N2S2. The van der Waals surface area contributed by atoms with E-state index in [1.54, 1.807) is 0 Å². The Morgan fingerprint density at radius 1 is 1.17 bits per heavy atom. The van der Waals surface area contributed by atoms with E-state index >= 15 is 0 Å². The molecule has 1 saturated heterocycles. The zero-order valence-corrected chi connectivity index (χ0v) is 15.8. The lowest BCUT2D eigenvalue weighted by molar-refractivity contribution is 0.346. The molecule has 1 aliphatic heterocycles. The third-order valence-electron chi connectivity index (χ3n) is 4.34. The fourth-order valence-corrected chi connectivity index (χ4v) is 4.98. The van der Waals surface area contributed by atoms with Gasteiger partial charge in [0.15, 0.2) is 0 Å². The minimum absolute atomic E-state index is 1.13. The molecule has 0 N–H and O–H groups in total. The molecular weight excluding hydrogens is 320 g/mol. The lowest BCUT2D eigenvalue weighted by Gasteiger charge is -2.12. The maximum absolute atomic E-state index is 4.81. The van der Waals surface area contributed by atoms with Crippen molar-refractivity contribution in [3.05, 3.63) is 35.4 Å². The van der Waals surface area contributed by atoms with E-state index in [0.717, 1.165) is 5.52 Å². The second kappa shape index (κ2) is 8.41. The number of hydrogen-bond acceptors (Lipinski definition) is 4. The van der Waals surface area contributed by atoms with Crippen molar-refractivity contribution in [3.8, 4) is 0 Å². The summed E-state index contributed by atoms with van der Waals surface area (Å²) in [6, 6.07) is 8.78. The predicted octanol–water partition coefficient (Wildman–Crippen LogP) is 5.12. The number of nitrogens with zero attached hydrogens (tertiary/aromatic N) is 2. The Morgan fingerprint density at radius 3 is 2.91 bits per heavy atom. The zero-order chi connectivity index (χ0) is 16.1. The molecule has 0 saturated carbocycles. The van der Waals surface area contributed by atoms with Crippen LogP contribution in [0.15, 0.2) is 29.3 Å². The predicted molar refractivity (Wildman–Crippen MR) is 105 cm³/mol. The van der Waals surface area contributed by atoms with Crippen LogP contribution >= 0.6 is 23.5 Å². The van der Waals surface area contributed by atoms with E-state index in [1.807, 2.05) is 11.8 Å². The first kappa shape index (κ1) is 17.1. The van der Waals surface area contributed by atoms with Gasteiger partial charge in [0.1, 0.15) is 0 Å². The second-order valence-electron chi connectivity index (χ2n) is 6.36. The van der Waals surface area contributed by atoms with Crippen LogP contribution in [0.4, 0.5) is 0 Å². The topological polar surface area (TPSA) is 16.1 Å². The lowest BCUT2D eigenvalue weighted by atomic mass is 10.1. The van der Waals surface area contributed by atoms with E-state index < -0.39 is 0 Å².